The number of nitrogens with zero attached hydrogens (tertiary/aromatic N) is 3. The molecular weight excluding hydrogens is 422 g/mol. The number of fused-ring (bicyclic) bond motifs is 1. The minimum Gasteiger partial charge on any atom is -0.379 e. The van der Waals surface area contributed by atoms with Gasteiger partial charge in [0.2, 0.25) is 10.0 Å². The van der Waals surface area contributed by atoms with Gasteiger partial charge in [-0.25, -0.2) is 13.4 Å². The van der Waals surface area contributed by atoms with Crippen LogP contribution in [-0.4, -0.2) is 48.6 Å². The van der Waals surface area contributed by atoms with Crippen molar-refractivity contribution >= 4 is 43.8 Å². The Morgan fingerprint density at radius 2 is 1.97 bits per heavy atom. The summed E-state index contributed by atoms with van der Waals surface area (Å²) in [6.07, 6.45) is 1.88. The van der Waals surface area contributed by atoms with Crippen molar-refractivity contribution in [3.8, 4) is 0 Å². The highest BCUT2D eigenvalue weighted by Gasteiger charge is 2.27. The smallest absolute Gasteiger partial charge is 0.243 e. The molecule has 1 aromatic heterocycles. The largest absolute Gasteiger partial charge is 0.379 e. The highest BCUT2D eigenvalue weighted by atomic mass is 35.5. The molecule has 0 N–H and O–H groups in total. The van der Waals surface area contributed by atoms with E-state index in [0.29, 0.717) is 49.2 Å². The lowest BCUT2D eigenvalue weighted by atomic mass is 10.1. The monoisotopic (exact) mass is 445 g/mol. The van der Waals surface area contributed by atoms with Crippen LogP contribution in [0.3, 0.4) is 0 Å². The average molecular weight is 446 g/mol. The molecule has 2 aromatic carbocycles. The van der Waals surface area contributed by atoms with E-state index >= 15 is 0 Å². The van der Waals surface area contributed by atoms with Gasteiger partial charge in [-0.3, -0.25) is 0 Å². The van der Waals surface area contributed by atoms with E-state index in [1.807, 2.05) is 48.8 Å². The van der Waals surface area contributed by atoms with Gasteiger partial charge < -0.3 is 9.30 Å². The predicted octanol–water partition coefficient (Wildman–Crippen LogP) is 4.12. The predicted molar refractivity (Wildman–Crippen MR) is 120 cm³/mol. The molecule has 1 aliphatic rings. The molecule has 0 atom stereocenters. The van der Waals surface area contributed by atoms with Crippen LogP contribution < -0.4 is 0 Å². The van der Waals surface area contributed by atoms with Gasteiger partial charge in [-0.2, -0.15) is 4.31 Å². The Balaban J connectivity index is 1.75. The number of hydrogen-bond donors (Lipinski definition) is 0. The lowest BCUT2D eigenvalue weighted by molar-refractivity contribution is 0.0730. The number of halogens is 1. The number of imidazole rings is 1. The molecule has 0 aliphatic carbocycles. The van der Waals surface area contributed by atoms with E-state index in [1.54, 1.807) is 18.2 Å². The average Bonchev–Trinajstić information content (AvgIpc) is 3.12. The van der Waals surface area contributed by atoms with E-state index in [1.165, 1.54) is 4.31 Å². The number of aryl methyl sites for hydroxylation is 2. The fourth-order valence-electron chi connectivity index (χ4n) is 3.68. The van der Waals surface area contributed by atoms with Crippen LogP contribution in [0.25, 0.3) is 22.1 Å². The van der Waals surface area contributed by atoms with Crippen LogP contribution >= 0.6 is 11.6 Å². The van der Waals surface area contributed by atoms with Crippen LogP contribution in [0, 0.1) is 6.92 Å². The molecule has 30 heavy (non-hydrogen) atoms. The van der Waals surface area contributed by atoms with Crippen LogP contribution in [0.15, 0.2) is 47.4 Å². The van der Waals surface area contributed by atoms with Gasteiger partial charge in [0.25, 0.3) is 0 Å². The van der Waals surface area contributed by atoms with Gasteiger partial charge in [-0.05, 0) is 43.7 Å². The fourth-order valence-corrected chi connectivity index (χ4v) is 5.38. The molecule has 3 aromatic rings. The van der Waals surface area contributed by atoms with Crippen LogP contribution in [0.4, 0.5) is 0 Å². The number of sulfonamides is 1. The molecule has 0 unspecified atom stereocenters. The van der Waals surface area contributed by atoms with Crippen molar-refractivity contribution in [2.24, 2.45) is 0 Å². The van der Waals surface area contributed by atoms with Crippen molar-refractivity contribution in [1.29, 1.82) is 0 Å². The molecular formula is C22H24ClN3O3S. The highest BCUT2D eigenvalue weighted by molar-refractivity contribution is 7.89. The van der Waals surface area contributed by atoms with E-state index in [4.69, 9.17) is 16.3 Å². The molecule has 0 bridgehead atoms. The fraction of sp³-hybridized carbons (Fsp3) is 0.318. The van der Waals surface area contributed by atoms with Gasteiger partial charge in [0.1, 0.15) is 0 Å². The quantitative estimate of drug-likeness (QED) is 0.592. The zero-order chi connectivity index (χ0) is 21.3. The number of rotatable bonds is 5. The van der Waals surface area contributed by atoms with E-state index < -0.39 is 10.0 Å². The Hall–Kier alpha value is -2.19. The third kappa shape index (κ3) is 4.03. The number of ether oxygens (including phenoxy) is 1. The van der Waals surface area contributed by atoms with Crippen LogP contribution in [0.2, 0.25) is 0 Å². The second-order valence-corrected chi connectivity index (χ2v) is 9.60. The summed E-state index contributed by atoms with van der Waals surface area (Å²) in [5.41, 5.74) is 3.60. The van der Waals surface area contributed by atoms with E-state index in [-0.39, 0.29) is 4.90 Å². The molecule has 2 heterocycles. The topological polar surface area (TPSA) is 64.4 Å². The van der Waals surface area contributed by atoms with Crippen LogP contribution in [0.1, 0.15) is 23.9 Å². The Morgan fingerprint density at radius 1 is 1.20 bits per heavy atom. The van der Waals surface area contributed by atoms with Crippen molar-refractivity contribution in [2.45, 2.75) is 25.3 Å². The van der Waals surface area contributed by atoms with Gasteiger partial charge in [-0.1, -0.05) is 41.4 Å². The first-order valence-corrected chi connectivity index (χ1v) is 11.7. The van der Waals surface area contributed by atoms with Gasteiger partial charge in [0.15, 0.2) is 5.82 Å². The van der Waals surface area contributed by atoms with E-state index in [9.17, 15) is 8.42 Å². The zero-order valence-electron chi connectivity index (χ0n) is 17.0. The number of benzene rings is 2. The third-order valence-corrected chi connectivity index (χ3v) is 7.37. The number of hydrogen-bond acceptors (Lipinski definition) is 4. The standard InChI is InChI=1S/C22H24ClN3O3S/c1-3-26-21-8-7-18(30(27,28)25-9-11-29-12-10-25)15-20(21)24-22(26)19(23)14-17-6-4-5-16(2)13-17/h4-8,13-15H,3,9-12H2,1-2H3. The number of morpholine rings is 1. The maximum absolute atomic E-state index is 13.0. The molecule has 1 fully saturated rings. The maximum Gasteiger partial charge on any atom is 0.243 e. The lowest BCUT2D eigenvalue weighted by Crippen LogP contribution is -2.40. The Morgan fingerprint density at radius 3 is 2.67 bits per heavy atom. The highest BCUT2D eigenvalue weighted by Crippen LogP contribution is 2.28. The summed E-state index contributed by atoms with van der Waals surface area (Å²) in [7, 11) is -3.58. The summed E-state index contributed by atoms with van der Waals surface area (Å²) in [5.74, 6) is 0.622. The first-order chi connectivity index (χ1) is 14.4. The molecule has 4 rings (SSSR count). The molecule has 0 radical (unpaired) electrons. The molecule has 0 saturated carbocycles. The molecule has 1 saturated heterocycles. The van der Waals surface area contributed by atoms with Crippen LogP contribution in [-0.2, 0) is 21.3 Å². The molecule has 8 heteroatoms. The lowest BCUT2D eigenvalue weighted by Gasteiger charge is -2.26. The van der Waals surface area contributed by atoms with Crippen molar-refractivity contribution in [1.82, 2.24) is 13.9 Å². The Bertz CT molecular complexity index is 1210. The SMILES string of the molecule is CCn1c(C(Cl)=Cc2cccc(C)c2)nc2cc(S(=O)(=O)N3CCOCC3)ccc21. The van der Waals surface area contributed by atoms with E-state index in [0.717, 1.165) is 16.6 Å². The summed E-state index contributed by atoms with van der Waals surface area (Å²) < 4.78 is 34.7. The minimum atomic E-state index is -3.58. The van der Waals surface area contributed by atoms with Crippen molar-refractivity contribution < 1.29 is 13.2 Å². The normalized spacial score (nSPS) is 16.3. The minimum absolute atomic E-state index is 0.239. The van der Waals surface area contributed by atoms with Gasteiger partial charge in [0.05, 0.1) is 34.2 Å². The van der Waals surface area contributed by atoms with Gasteiger partial charge >= 0.3 is 0 Å². The molecule has 0 spiro atoms. The summed E-state index contributed by atoms with van der Waals surface area (Å²) in [4.78, 5) is 4.92. The van der Waals surface area contributed by atoms with E-state index in [2.05, 4.69) is 4.98 Å². The third-order valence-electron chi connectivity index (χ3n) is 5.19. The second kappa shape index (κ2) is 8.51. The molecule has 6 nitrogen and oxygen atoms in total. The van der Waals surface area contributed by atoms with Crippen molar-refractivity contribution in [2.75, 3.05) is 26.3 Å². The first kappa shape index (κ1) is 21.1. The van der Waals surface area contributed by atoms with Gasteiger partial charge in [0, 0.05) is 19.6 Å². The summed E-state index contributed by atoms with van der Waals surface area (Å²) in [6, 6.07) is 13.1. The molecule has 158 valence electrons. The Labute approximate surface area is 181 Å². The maximum atomic E-state index is 13.0. The zero-order valence-corrected chi connectivity index (χ0v) is 18.6. The molecule has 1 aliphatic heterocycles. The summed E-state index contributed by atoms with van der Waals surface area (Å²) >= 11 is 6.64. The summed E-state index contributed by atoms with van der Waals surface area (Å²) in [6.45, 7) is 6.26. The van der Waals surface area contributed by atoms with Crippen molar-refractivity contribution in [3.05, 3.63) is 59.4 Å². The van der Waals surface area contributed by atoms with Crippen molar-refractivity contribution in [3.63, 3.8) is 0 Å². The Kier molecular flexibility index (Phi) is 5.97. The summed E-state index contributed by atoms with van der Waals surface area (Å²) in [5, 5.41) is 0.510. The van der Waals surface area contributed by atoms with Gasteiger partial charge in [-0.15, -0.1) is 0 Å². The number of aromatic nitrogens is 2. The first-order valence-electron chi connectivity index (χ1n) is 9.92. The molecule has 0 amide bonds. The van der Waals surface area contributed by atoms with Crippen LogP contribution in [0.5, 0.6) is 0 Å². The second-order valence-electron chi connectivity index (χ2n) is 7.25.